The Labute approximate surface area is 83.1 Å². The van der Waals surface area contributed by atoms with Crippen LogP contribution in [0.2, 0.25) is 0 Å². The first kappa shape index (κ1) is 9.64. The van der Waals surface area contributed by atoms with Gasteiger partial charge >= 0.3 is 0 Å². The Morgan fingerprint density at radius 2 is 2.14 bits per heavy atom. The second-order valence-electron chi connectivity index (χ2n) is 3.76. The molecule has 6 heteroatoms. The van der Waals surface area contributed by atoms with Gasteiger partial charge in [0.15, 0.2) is 9.84 Å². The van der Waals surface area contributed by atoms with E-state index in [2.05, 4.69) is 10.2 Å². The monoisotopic (exact) mass is 215 g/mol. The van der Waals surface area contributed by atoms with Crippen molar-refractivity contribution in [2.24, 2.45) is 7.05 Å². The summed E-state index contributed by atoms with van der Waals surface area (Å²) in [5.41, 5.74) is 0. The Morgan fingerprint density at radius 1 is 1.43 bits per heavy atom. The standard InChI is InChI=1S/C8H13N3O2S/c1-6-9-10-8(11(6)2)7-3-4-14(12,13)5-7/h7H,3-5H2,1-2H3. The molecule has 0 aliphatic carbocycles. The minimum Gasteiger partial charge on any atom is -0.318 e. The summed E-state index contributed by atoms with van der Waals surface area (Å²) < 4.78 is 24.4. The van der Waals surface area contributed by atoms with E-state index in [1.54, 1.807) is 0 Å². The van der Waals surface area contributed by atoms with E-state index < -0.39 is 9.84 Å². The normalized spacial score (nSPS) is 25.4. The van der Waals surface area contributed by atoms with E-state index in [-0.39, 0.29) is 17.4 Å². The van der Waals surface area contributed by atoms with Gasteiger partial charge in [-0.15, -0.1) is 10.2 Å². The van der Waals surface area contributed by atoms with Crippen LogP contribution in [0.5, 0.6) is 0 Å². The molecule has 1 aromatic heterocycles. The molecule has 78 valence electrons. The molecule has 0 aromatic carbocycles. The number of hydrogen-bond donors (Lipinski definition) is 0. The van der Waals surface area contributed by atoms with E-state index in [4.69, 9.17) is 0 Å². The Hall–Kier alpha value is -0.910. The number of rotatable bonds is 1. The van der Waals surface area contributed by atoms with Gasteiger partial charge in [0.1, 0.15) is 11.6 Å². The summed E-state index contributed by atoms with van der Waals surface area (Å²) in [6.45, 7) is 1.86. The molecule has 1 aromatic rings. The molecule has 1 atom stereocenters. The van der Waals surface area contributed by atoms with Crippen LogP contribution < -0.4 is 0 Å². The van der Waals surface area contributed by atoms with Gasteiger partial charge in [-0.25, -0.2) is 8.42 Å². The third-order valence-electron chi connectivity index (χ3n) is 2.72. The second kappa shape index (κ2) is 3.05. The zero-order chi connectivity index (χ0) is 10.3. The van der Waals surface area contributed by atoms with E-state index in [1.165, 1.54) is 0 Å². The quantitative estimate of drug-likeness (QED) is 0.662. The number of aromatic nitrogens is 3. The maximum atomic E-state index is 11.3. The van der Waals surface area contributed by atoms with E-state index >= 15 is 0 Å². The highest BCUT2D eigenvalue weighted by Crippen LogP contribution is 2.27. The fourth-order valence-corrected chi connectivity index (χ4v) is 3.52. The molecule has 0 saturated carbocycles. The highest BCUT2D eigenvalue weighted by atomic mass is 32.2. The van der Waals surface area contributed by atoms with Crippen LogP contribution in [0.4, 0.5) is 0 Å². The summed E-state index contributed by atoms with van der Waals surface area (Å²) in [4.78, 5) is 0. The van der Waals surface area contributed by atoms with Crippen LogP contribution in [0.1, 0.15) is 24.0 Å². The Balaban J connectivity index is 2.30. The van der Waals surface area contributed by atoms with Crippen molar-refractivity contribution in [1.82, 2.24) is 14.8 Å². The molecule has 1 fully saturated rings. The number of sulfone groups is 1. The molecule has 0 radical (unpaired) electrons. The lowest BCUT2D eigenvalue weighted by Gasteiger charge is -2.06. The summed E-state index contributed by atoms with van der Waals surface area (Å²) in [5, 5.41) is 7.94. The van der Waals surface area contributed by atoms with Crippen LogP contribution in [-0.2, 0) is 16.9 Å². The zero-order valence-corrected chi connectivity index (χ0v) is 9.08. The van der Waals surface area contributed by atoms with Crippen molar-refractivity contribution in [1.29, 1.82) is 0 Å². The average Bonchev–Trinajstić information content (AvgIpc) is 2.59. The Morgan fingerprint density at radius 3 is 2.57 bits per heavy atom. The molecule has 1 unspecified atom stereocenters. The van der Waals surface area contributed by atoms with Crippen molar-refractivity contribution in [3.8, 4) is 0 Å². The van der Waals surface area contributed by atoms with Gasteiger partial charge in [-0.05, 0) is 13.3 Å². The van der Waals surface area contributed by atoms with Crippen LogP contribution in [0.15, 0.2) is 0 Å². The summed E-state index contributed by atoms with van der Waals surface area (Å²) in [6.07, 6.45) is 0.675. The van der Waals surface area contributed by atoms with Crippen molar-refractivity contribution >= 4 is 9.84 Å². The van der Waals surface area contributed by atoms with Crippen molar-refractivity contribution in [3.63, 3.8) is 0 Å². The minimum absolute atomic E-state index is 0.0335. The lowest BCUT2D eigenvalue weighted by molar-refractivity contribution is 0.600. The molecule has 1 aliphatic heterocycles. The predicted octanol–water partition coefficient (Wildman–Crippen LogP) is 0.0256. The summed E-state index contributed by atoms with van der Waals surface area (Å²) in [7, 11) is -0.962. The summed E-state index contributed by atoms with van der Waals surface area (Å²) in [5.74, 6) is 2.15. The smallest absolute Gasteiger partial charge is 0.151 e. The van der Waals surface area contributed by atoms with Gasteiger partial charge in [0.2, 0.25) is 0 Å². The fourth-order valence-electron chi connectivity index (χ4n) is 1.78. The number of aryl methyl sites for hydroxylation is 1. The number of hydrogen-bond acceptors (Lipinski definition) is 4. The first-order valence-corrected chi connectivity index (χ1v) is 6.38. The third-order valence-corrected chi connectivity index (χ3v) is 4.49. The van der Waals surface area contributed by atoms with Gasteiger partial charge in [-0.3, -0.25) is 0 Å². The highest BCUT2D eigenvalue weighted by molar-refractivity contribution is 7.91. The molecule has 2 rings (SSSR count). The van der Waals surface area contributed by atoms with Gasteiger partial charge < -0.3 is 4.57 Å². The van der Waals surface area contributed by atoms with E-state index in [9.17, 15) is 8.42 Å². The molecule has 1 saturated heterocycles. The first-order valence-electron chi connectivity index (χ1n) is 4.56. The van der Waals surface area contributed by atoms with E-state index in [1.807, 2.05) is 18.5 Å². The lowest BCUT2D eigenvalue weighted by Crippen LogP contribution is -2.09. The molecule has 2 heterocycles. The van der Waals surface area contributed by atoms with Gasteiger partial charge in [-0.1, -0.05) is 0 Å². The van der Waals surface area contributed by atoms with Gasteiger partial charge in [0.25, 0.3) is 0 Å². The molecule has 0 bridgehead atoms. The summed E-state index contributed by atoms with van der Waals surface area (Å²) >= 11 is 0. The Bertz CT molecular complexity index is 449. The molecule has 5 nitrogen and oxygen atoms in total. The molecule has 14 heavy (non-hydrogen) atoms. The van der Waals surface area contributed by atoms with Crippen LogP contribution in [0, 0.1) is 6.92 Å². The van der Waals surface area contributed by atoms with Crippen LogP contribution in [0.25, 0.3) is 0 Å². The number of nitrogens with zero attached hydrogens (tertiary/aromatic N) is 3. The second-order valence-corrected chi connectivity index (χ2v) is 5.99. The molecule has 1 aliphatic rings. The molecule has 0 spiro atoms. The topological polar surface area (TPSA) is 64.8 Å². The lowest BCUT2D eigenvalue weighted by atomic mass is 10.1. The maximum Gasteiger partial charge on any atom is 0.151 e. The predicted molar refractivity (Wildman–Crippen MR) is 51.8 cm³/mol. The minimum atomic E-state index is -2.83. The molecular weight excluding hydrogens is 202 g/mol. The Kier molecular flexibility index (Phi) is 2.10. The van der Waals surface area contributed by atoms with Crippen LogP contribution >= 0.6 is 0 Å². The van der Waals surface area contributed by atoms with Gasteiger partial charge in [0.05, 0.1) is 11.5 Å². The van der Waals surface area contributed by atoms with E-state index in [0.29, 0.717) is 6.42 Å². The average molecular weight is 215 g/mol. The highest BCUT2D eigenvalue weighted by Gasteiger charge is 2.32. The maximum absolute atomic E-state index is 11.3. The molecule has 0 amide bonds. The van der Waals surface area contributed by atoms with Crippen molar-refractivity contribution in [3.05, 3.63) is 11.6 Å². The largest absolute Gasteiger partial charge is 0.318 e. The zero-order valence-electron chi connectivity index (χ0n) is 8.27. The van der Waals surface area contributed by atoms with Crippen LogP contribution in [-0.4, -0.2) is 34.7 Å². The molecular formula is C8H13N3O2S. The third kappa shape index (κ3) is 1.54. The molecule has 0 N–H and O–H groups in total. The fraction of sp³-hybridized carbons (Fsp3) is 0.750. The van der Waals surface area contributed by atoms with Crippen molar-refractivity contribution < 1.29 is 8.42 Å². The van der Waals surface area contributed by atoms with Crippen LogP contribution in [0.3, 0.4) is 0 Å². The van der Waals surface area contributed by atoms with Gasteiger partial charge in [-0.2, -0.15) is 0 Å². The summed E-state index contributed by atoms with van der Waals surface area (Å²) in [6, 6.07) is 0. The SMILES string of the molecule is Cc1nnc(C2CCS(=O)(=O)C2)n1C. The van der Waals surface area contributed by atoms with Gasteiger partial charge in [0, 0.05) is 13.0 Å². The van der Waals surface area contributed by atoms with E-state index in [0.717, 1.165) is 11.6 Å². The van der Waals surface area contributed by atoms with Crippen molar-refractivity contribution in [2.45, 2.75) is 19.3 Å². The first-order chi connectivity index (χ1) is 6.49. The van der Waals surface area contributed by atoms with Crippen molar-refractivity contribution in [2.75, 3.05) is 11.5 Å².